The van der Waals surface area contributed by atoms with E-state index in [2.05, 4.69) is 21.4 Å². The number of carbonyl (C=O) groups excluding carboxylic acids is 4. The molecule has 254 valence electrons. The summed E-state index contributed by atoms with van der Waals surface area (Å²) in [6.07, 6.45) is 3.32. The number of alkyl carbamates (subject to hydrolysis) is 2. The lowest BCUT2D eigenvalue weighted by Crippen LogP contribution is -2.59. The molecule has 1 aromatic rings. The molecule has 1 aliphatic carbocycles. The molecule has 1 saturated carbocycles. The minimum atomic E-state index is -1.09. The predicted molar refractivity (Wildman–Crippen MR) is 169 cm³/mol. The molecule has 0 aliphatic heterocycles. The Kier molecular flexibility index (Phi) is 15.9. The predicted octanol–water partition coefficient (Wildman–Crippen LogP) is 3.11. The number of benzene rings is 1. The Labute approximate surface area is 267 Å². The van der Waals surface area contributed by atoms with Gasteiger partial charge in [0.25, 0.3) is 5.91 Å². The lowest BCUT2D eigenvalue weighted by molar-refractivity contribution is -0.131. The van der Waals surface area contributed by atoms with E-state index in [1.165, 1.54) is 14.2 Å². The van der Waals surface area contributed by atoms with E-state index in [9.17, 15) is 24.3 Å². The Bertz CT molecular complexity index is 1080. The van der Waals surface area contributed by atoms with Crippen molar-refractivity contribution in [2.24, 2.45) is 17.8 Å². The molecule has 1 aliphatic rings. The SMILES string of the molecule is COC(=O)N[C@H](C(=O)NC(CC1CCCCC1)C(O)CN(Cc1ccc(OC)cc1)NC(=O)[C@@H](NC(=O)OC)C(C)C)C(C)C. The molecule has 1 aromatic carbocycles. The first-order valence-corrected chi connectivity index (χ1v) is 15.7. The summed E-state index contributed by atoms with van der Waals surface area (Å²) in [7, 11) is 4.03. The summed E-state index contributed by atoms with van der Waals surface area (Å²) in [5.74, 6) is -0.423. The van der Waals surface area contributed by atoms with Crippen molar-refractivity contribution in [3.8, 4) is 5.75 Å². The Hall–Kier alpha value is -3.58. The lowest BCUT2D eigenvalue weighted by Gasteiger charge is -2.35. The van der Waals surface area contributed by atoms with Crippen LogP contribution in [0.15, 0.2) is 24.3 Å². The second-order valence-corrected chi connectivity index (χ2v) is 12.3. The Morgan fingerprint density at radius 2 is 1.36 bits per heavy atom. The summed E-state index contributed by atoms with van der Waals surface area (Å²) in [5.41, 5.74) is 3.70. The van der Waals surface area contributed by atoms with Gasteiger partial charge < -0.3 is 35.3 Å². The van der Waals surface area contributed by atoms with Crippen LogP contribution >= 0.6 is 0 Å². The van der Waals surface area contributed by atoms with Gasteiger partial charge in [0.1, 0.15) is 17.8 Å². The number of hydrazine groups is 1. The summed E-state index contributed by atoms with van der Waals surface area (Å²) >= 11 is 0. The average molecular weight is 636 g/mol. The Morgan fingerprint density at radius 3 is 1.84 bits per heavy atom. The highest BCUT2D eigenvalue weighted by Gasteiger charge is 2.33. The smallest absolute Gasteiger partial charge is 0.407 e. The number of ether oxygens (including phenoxy) is 3. The van der Waals surface area contributed by atoms with Crippen LogP contribution in [-0.2, 0) is 25.6 Å². The monoisotopic (exact) mass is 635 g/mol. The fraction of sp³-hybridized carbons (Fsp3) is 0.688. The number of methoxy groups -OCH3 is 3. The molecule has 13 nitrogen and oxygen atoms in total. The lowest BCUT2D eigenvalue weighted by atomic mass is 9.83. The van der Waals surface area contributed by atoms with E-state index in [-0.39, 0.29) is 24.9 Å². The van der Waals surface area contributed by atoms with Gasteiger partial charge >= 0.3 is 12.2 Å². The minimum absolute atomic E-state index is 0.0325. The standard InChI is InChI=1S/C32H53N5O8/c1-20(2)27(34-31(41)44-6)29(39)33-25(17-22-11-9-8-10-12-22)26(38)19-37(18-23-13-15-24(43-5)16-14-23)36-30(40)28(21(3)4)35-32(42)45-7/h13-16,20-22,25-28,38H,8-12,17-19H2,1-7H3,(H,33,39)(H,34,41)(H,35,42)(H,36,40)/t25?,26?,27-,28-/m0/s1. The molecule has 0 aromatic heterocycles. The van der Waals surface area contributed by atoms with Gasteiger partial charge in [-0.15, -0.1) is 0 Å². The first-order chi connectivity index (χ1) is 21.4. The topological polar surface area (TPSA) is 168 Å². The molecule has 4 atom stereocenters. The van der Waals surface area contributed by atoms with Crippen molar-refractivity contribution >= 4 is 24.0 Å². The van der Waals surface area contributed by atoms with E-state index < -0.39 is 48.2 Å². The quantitative estimate of drug-likeness (QED) is 0.172. The molecule has 0 spiro atoms. The van der Waals surface area contributed by atoms with E-state index in [1.807, 2.05) is 26.0 Å². The number of aliphatic hydroxyl groups excluding tert-OH is 1. The van der Waals surface area contributed by atoms with Crippen LogP contribution in [0.4, 0.5) is 9.59 Å². The van der Waals surface area contributed by atoms with Crippen molar-refractivity contribution in [2.75, 3.05) is 27.9 Å². The zero-order valence-corrected chi connectivity index (χ0v) is 27.8. The van der Waals surface area contributed by atoms with Gasteiger partial charge in [-0.05, 0) is 41.9 Å². The zero-order chi connectivity index (χ0) is 33.5. The van der Waals surface area contributed by atoms with Crippen molar-refractivity contribution in [2.45, 2.75) is 97.0 Å². The fourth-order valence-electron chi connectivity index (χ4n) is 5.49. The largest absolute Gasteiger partial charge is 0.497 e. The average Bonchev–Trinajstić information content (AvgIpc) is 3.02. The van der Waals surface area contributed by atoms with Crippen molar-refractivity contribution in [3.05, 3.63) is 29.8 Å². The third-order valence-corrected chi connectivity index (χ3v) is 8.13. The van der Waals surface area contributed by atoms with Crippen molar-refractivity contribution in [3.63, 3.8) is 0 Å². The Morgan fingerprint density at radius 1 is 0.822 bits per heavy atom. The number of aliphatic hydroxyl groups is 1. The minimum Gasteiger partial charge on any atom is -0.497 e. The second-order valence-electron chi connectivity index (χ2n) is 12.3. The van der Waals surface area contributed by atoms with Crippen LogP contribution in [-0.4, -0.2) is 86.2 Å². The van der Waals surface area contributed by atoms with E-state index in [1.54, 1.807) is 38.1 Å². The first kappa shape index (κ1) is 37.6. The number of amides is 4. The third kappa shape index (κ3) is 12.7. The highest BCUT2D eigenvalue weighted by Crippen LogP contribution is 2.28. The van der Waals surface area contributed by atoms with Gasteiger partial charge in [0, 0.05) is 13.1 Å². The molecule has 13 heteroatoms. The number of hydrogen-bond acceptors (Lipinski definition) is 9. The van der Waals surface area contributed by atoms with Crippen molar-refractivity contribution < 1.29 is 38.5 Å². The number of rotatable bonds is 16. The third-order valence-electron chi connectivity index (χ3n) is 8.13. The van der Waals surface area contributed by atoms with Crippen LogP contribution in [0.25, 0.3) is 0 Å². The molecule has 0 heterocycles. The maximum Gasteiger partial charge on any atom is 0.407 e. The maximum atomic E-state index is 13.5. The van der Waals surface area contributed by atoms with Gasteiger partial charge in [0.15, 0.2) is 0 Å². The molecule has 0 saturated heterocycles. The number of carbonyl (C=O) groups is 4. The molecule has 2 unspecified atom stereocenters. The van der Waals surface area contributed by atoms with Crippen LogP contribution in [0, 0.1) is 17.8 Å². The van der Waals surface area contributed by atoms with Gasteiger partial charge in [0.2, 0.25) is 5.91 Å². The van der Waals surface area contributed by atoms with Crippen molar-refractivity contribution in [1.29, 1.82) is 0 Å². The zero-order valence-electron chi connectivity index (χ0n) is 27.8. The Balaban J connectivity index is 2.34. The molecule has 0 radical (unpaired) electrons. The summed E-state index contributed by atoms with van der Waals surface area (Å²) in [4.78, 5) is 50.8. The fourth-order valence-corrected chi connectivity index (χ4v) is 5.49. The summed E-state index contributed by atoms with van der Waals surface area (Å²) in [5, 5.41) is 21.4. The molecule has 4 amide bonds. The van der Waals surface area contributed by atoms with Gasteiger partial charge in [-0.1, -0.05) is 71.9 Å². The molecule has 45 heavy (non-hydrogen) atoms. The summed E-state index contributed by atoms with van der Waals surface area (Å²) in [6.45, 7) is 7.41. The highest BCUT2D eigenvalue weighted by molar-refractivity contribution is 5.86. The van der Waals surface area contributed by atoms with Gasteiger partial charge in [0.05, 0.1) is 33.5 Å². The summed E-state index contributed by atoms with van der Waals surface area (Å²) < 4.78 is 14.7. The maximum absolute atomic E-state index is 13.5. The molecule has 1 fully saturated rings. The highest BCUT2D eigenvalue weighted by atomic mass is 16.5. The van der Waals surface area contributed by atoms with Crippen molar-refractivity contribution in [1.82, 2.24) is 26.4 Å². The molecular weight excluding hydrogens is 582 g/mol. The number of nitrogens with one attached hydrogen (secondary N) is 4. The number of hydrogen-bond donors (Lipinski definition) is 5. The van der Waals surface area contributed by atoms with Gasteiger partial charge in [-0.2, -0.15) is 0 Å². The van der Waals surface area contributed by atoms with Crippen LogP contribution in [0.2, 0.25) is 0 Å². The van der Waals surface area contributed by atoms with Crippen LogP contribution < -0.4 is 26.1 Å². The van der Waals surface area contributed by atoms with E-state index in [0.29, 0.717) is 18.1 Å². The first-order valence-electron chi connectivity index (χ1n) is 15.7. The van der Waals surface area contributed by atoms with Crippen LogP contribution in [0.1, 0.15) is 71.8 Å². The van der Waals surface area contributed by atoms with E-state index >= 15 is 0 Å². The molecule has 0 bridgehead atoms. The van der Waals surface area contributed by atoms with E-state index in [0.717, 1.165) is 37.7 Å². The van der Waals surface area contributed by atoms with Gasteiger partial charge in [-0.25, -0.2) is 14.6 Å². The normalized spacial score (nSPS) is 16.3. The van der Waals surface area contributed by atoms with Crippen LogP contribution in [0.3, 0.4) is 0 Å². The second kappa shape index (κ2) is 19.1. The summed E-state index contributed by atoms with van der Waals surface area (Å²) in [6, 6.07) is 4.87. The molecule has 2 rings (SSSR count). The molecule has 5 N–H and O–H groups in total. The molecular formula is C32H53N5O8. The van der Waals surface area contributed by atoms with E-state index in [4.69, 9.17) is 14.2 Å². The van der Waals surface area contributed by atoms with Crippen LogP contribution in [0.5, 0.6) is 5.75 Å². The van der Waals surface area contributed by atoms with Gasteiger partial charge in [-0.3, -0.25) is 15.0 Å². The number of nitrogens with zero attached hydrogens (tertiary/aromatic N) is 1.